The van der Waals surface area contributed by atoms with E-state index in [4.69, 9.17) is 9.47 Å². The van der Waals surface area contributed by atoms with Crippen LogP contribution in [-0.2, 0) is 9.53 Å². The highest BCUT2D eigenvalue weighted by atomic mass is 16.5. The standard InChI is InChI=1S/C21H24N2O4/c1-2-20(24)22-16-7-9-17(10-8-16)23-21(25)15-5-11-18(12-6-15)27-14-19-4-3-13-26-19/h5-12,19H,2-4,13-14H2,1H3,(H,22,24)(H,23,25). The zero-order chi connectivity index (χ0) is 19.1. The number of anilines is 2. The van der Waals surface area contributed by atoms with E-state index in [9.17, 15) is 9.59 Å². The smallest absolute Gasteiger partial charge is 0.255 e. The van der Waals surface area contributed by atoms with Crippen molar-refractivity contribution in [3.8, 4) is 5.75 Å². The van der Waals surface area contributed by atoms with Crippen LogP contribution in [-0.4, -0.2) is 31.1 Å². The Hall–Kier alpha value is -2.86. The van der Waals surface area contributed by atoms with Crippen LogP contribution >= 0.6 is 0 Å². The van der Waals surface area contributed by atoms with Crippen molar-refractivity contribution in [1.29, 1.82) is 0 Å². The monoisotopic (exact) mass is 368 g/mol. The van der Waals surface area contributed by atoms with Gasteiger partial charge in [-0.25, -0.2) is 0 Å². The van der Waals surface area contributed by atoms with Gasteiger partial charge in [0.15, 0.2) is 0 Å². The summed E-state index contributed by atoms with van der Waals surface area (Å²) in [5.74, 6) is 0.470. The molecule has 2 aromatic carbocycles. The second kappa shape index (κ2) is 9.19. The lowest BCUT2D eigenvalue weighted by atomic mass is 10.2. The zero-order valence-electron chi connectivity index (χ0n) is 15.4. The Balaban J connectivity index is 1.52. The van der Waals surface area contributed by atoms with E-state index in [1.807, 2.05) is 0 Å². The highest BCUT2D eigenvalue weighted by Gasteiger charge is 2.16. The van der Waals surface area contributed by atoms with Crippen molar-refractivity contribution in [2.45, 2.75) is 32.3 Å². The van der Waals surface area contributed by atoms with Gasteiger partial charge in [0, 0.05) is 30.0 Å². The van der Waals surface area contributed by atoms with Crippen molar-refractivity contribution in [2.24, 2.45) is 0 Å². The van der Waals surface area contributed by atoms with E-state index in [1.165, 1.54) is 0 Å². The number of hydrogen-bond acceptors (Lipinski definition) is 4. The van der Waals surface area contributed by atoms with Gasteiger partial charge in [-0.2, -0.15) is 0 Å². The summed E-state index contributed by atoms with van der Waals surface area (Å²) in [5, 5.41) is 5.60. The minimum atomic E-state index is -0.203. The molecule has 1 atom stereocenters. The lowest BCUT2D eigenvalue weighted by Gasteiger charge is -2.12. The highest BCUT2D eigenvalue weighted by molar-refractivity contribution is 6.04. The van der Waals surface area contributed by atoms with Crippen LogP contribution in [0.25, 0.3) is 0 Å². The number of ether oxygens (including phenoxy) is 2. The fourth-order valence-electron chi connectivity index (χ4n) is 2.76. The Morgan fingerprint density at radius 2 is 1.70 bits per heavy atom. The molecule has 0 saturated carbocycles. The highest BCUT2D eigenvalue weighted by Crippen LogP contribution is 2.18. The number of rotatable bonds is 7. The number of benzene rings is 2. The fourth-order valence-corrected chi connectivity index (χ4v) is 2.76. The predicted octanol–water partition coefficient (Wildman–Crippen LogP) is 3.85. The molecule has 0 aromatic heterocycles. The molecule has 142 valence electrons. The van der Waals surface area contributed by atoms with Crippen LogP contribution in [0.3, 0.4) is 0 Å². The number of carbonyl (C=O) groups excluding carboxylic acids is 2. The first kappa shape index (κ1) is 18.9. The van der Waals surface area contributed by atoms with Crippen molar-refractivity contribution >= 4 is 23.2 Å². The summed E-state index contributed by atoms with van der Waals surface area (Å²) in [6.45, 7) is 3.13. The van der Waals surface area contributed by atoms with Gasteiger partial charge in [-0.15, -0.1) is 0 Å². The van der Waals surface area contributed by atoms with E-state index in [1.54, 1.807) is 55.5 Å². The summed E-state index contributed by atoms with van der Waals surface area (Å²) in [6, 6.07) is 14.0. The Labute approximate surface area is 158 Å². The van der Waals surface area contributed by atoms with Crippen molar-refractivity contribution in [3.05, 3.63) is 54.1 Å². The van der Waals surface area contributed by atoms with Crippen molar-refractivity contribution in [3.63, 3.8) is 0 Å². The van der Waals surface area contributed by atoms with Gasteiger partial charge in [0.1, 0.15) is 12.4 Å². The van der Waals surface area contributed by atoms with Gasteiger partial charge in [0.05, 0.1) is 6.10 Å². The molecular weight excluding hydrogens is 344 g/mol. The molecule has 1 unspecified atom stereocenters. The van der Waals surface area contributed by atoms with E-state index in [0.717, 1.165) is 25.2 Å². The molecule has 1 aliphatic heterocycles. The minimum Gasteiger partial charge on any atom is -0.491 e. The molecule has 6 heteroatoms. The van der Waals surface area contributed by atoms with Crippen LogP contribution in [0.4, 0.5) is 11.4 Å². The van der Waals surface area contributed by atoms with Gasteiger partial charge in [0.2, 0.25) is 5.91 Å². The summed E-state index contributed by atoms with van der Waals surface area (Å²) >= 11 is 0. The molecule has 1 aliphatic rings. The van der Waals surface area contributed by atoms with E-state index < -0.39 is 0 Å². The second-order valence-corrected chi connectivity index (χ2v) is 6.40. The lowest BCUT2D eigenvalue weighted by Crippen LogP contribution is -2.16. The maximum absolute atomic E-state index is 12.4. The average Bonchev–Trinajstić information content (AvgIpc) is 3.22. The molecule has 0 radical (unpaired) electrons. The second-order valence-electron chi connectivity index (χ2n) is 6.40. The third-order valence-electron chi connectivity index (χ3n) is 4.32. The molecule has 3 rings (SSSR count). The molecule has 27 heavy (non-hydrogen) atoms. The summed E-state index contributed by atoms with van der Waals surface area (Å²) in [4.78, 5) is 23.7. The number of carbonyl (C=O) groups is 2. The van der Waals surface area contributed by atoms with Crippen molar-refractivity contribution < 1.29 is 19.1 Å². The largest absolute Gasteiger partial charge is 0.491 e. The normalized spacial score (nSPS) is 16.0. The molecule has 1 heterocycles. The third kappa shape index (κ3) is 5.56. The van der Waals surface area contributed by atoms with Gasteiger partial charge in [0.25, 0.3) is 5.91 Å². The first-order chi connectivity index (χ1) is 13.1. The van der Waals surface area contributed by atoms with E-state index in [2.05, 4.69) is 10.6 Å². The fraction of sp³-hybridized carbons (Fsp3) is 0.333. The minimum absolute atomic E-state index is 0.0476. The quantitative estimate of drug-likeness (QED) is 0.778. The number of amides is 2. The van der Waals surface area contributed by atoms with Crippen molar-refractivity contribution in [1.82, 2.24) is 0 Å². The first-order valence-corrected chi connectivity index (χ1v) is 9.20. The third-order valence-corrected chi connectivity index (χ3v) is 4.32. The molecule has 0 bridgehead atoms. The summed E-state index contributed by atoms with van der Waals surface area (Å²) in [6.07, 6.45) is 2.70. The Kier molecular flexibility index (Phi) is 6.44. The van der Waals surface area contributed by atoms with Gasteiger partial charge < -0.3 is 20.1 Å². The molecule has 0 aliphatic carbocycles. The first-order valence-electron chi connectivity index (χ1n) is 9.20. The van der Waals surface area contributed by atoms with E-state index in [0.29, 0.717) is 30.0 Å². The van der Waals surface area contributed by atoms with Crippen LogP contribution in [0, 0.1) is 0 Å². The SMILES string of the molecule is CCC(=O)Nc1ccc(NC(=O)c2ccc(OCC3CCCO3)cc2)cc1. The summed E-state index contributed by atoms with van der Waals surface area (Å²) in [5.41, 5.74) is 1.91. The van der Waals surface area contributed by atoms with Crippen LogP contribution < -0.4 is 15.4 Å². The molecule has 2 aromatic rings. The molecular formula is C21H24N2O4. The van der Waals surface area contributed by atoms with Crippen molar-refractivity contribution in [2.75, 3.05) is 23.8 Å². The van der Waals surface area contributed by atoms with Gasteiger partial charge >= 0.3 is 0 Å². The van der Waals surface area contributed by atoms with E-state index in [-0.39, 0.29) is 17.9 Å². The lowest BCUT2D eigenvalue weighted by molar-refractivity contribution is -0.115. The molecule has 2 N–H and O–H groups in total. The van der Waals surface area contributed by atoms with Gasteiger partial charge in [-0.1, -0.05) is 6.92 Å². The average molecular weight is 368 g/mol. The topological polar surface area (TPSA) is 76.7 Å². The molecule has 6 nitrogen and oxygen atoms in total. The Morgan fingerprint density at radius 1 is 1.04 bits per heavy atom. The molecule has 0 spiro atoms. The Bertz CT molecular complexity index is 766. The van der Waals surface area contributed by atoms with Gasteiger partial charge in [-0.05, 0) is 61.4 Å². The zero-order valence-corrected chi connectivity index (χ0v) is 15.4. The molecule has 1 saturated heterocycles. The van der Waals surface area contributed by atoms with Crippen LogP contribution in [0.15, 0.2) is 48.5 Å². The maximum Gasteiger partial charge on any atom is 0.255 e. The predicted molar refractivity (Wildman–Crippen MR) is 104 cm³/mol. The number of hydrogen-bond donors (Lipinski definition) is 2. The number of nitrogens with one attached hydrogen (secondary N) is 2. The molecule has 2 amide bonds. The summed E-state index contributed by atoms with van der Waals surface area (Å²) < 4.78 is 11.2. The molecule has 1 fully saturated rings. The van der Waals surface area contributed by atoms with Crippen LogP contribution in [0.2, 0.25) is 0 Å². The van der Waals surface area contributed by atoms with E-state index >= 15 is 0 Å². The van der Waals surface area contributed by atoms with Crippen LogP contribution in [0.5, 0.6) is 5.75 Å². The van der Waals surface area contributed by atoms with Crippen LogP contribution in [0.1, 0.15) is 36.5 Å². The summed E-state index contributed by atoms with van der Waals surface area (Å²) in [7, 11) is 0. The maximum atomic E-state index is 12.4. The Morgan fingerprint density at radius 3 is 2.30 bits per heavy atom. The van der Waals surface area contributed by atoms with Gasteiger partial charge in [-0.3, -0.25) is 9.59 Å².